The summed E-state index contributed by atoms with van der Waals surface area (Å²) < 4.78 is 36.6. The molecule has 148 valence electrons. The molecule has 8 heteroatoms. The monoisotopic (exact) mass is 401 g/mol. The summed E-state index contributed by atoms with van der Waals surface area (Å²) in [7, 11) is -0.391. The quantitative estimate of drug-likeness (QED) is 0.687. The SMILES string of the molecule is COc1ccccc1Cn1c(=O)n(C)c2cc(S(=O)(=O)NC3(C)CC3)ccc21. The number of aryl methyl sites for hydroxylation is 1. The van der Waals surface area contributed by atoms with Gasteiger partial charge in [-0.15, -0.1) is 0 Å². The maximum atomic E-state index is 12.8. The zero-order chi connectivity index (χ0) is 20.1. The molecule has 0 amide bonds. The van der Waals surface area contributed by atoms with E-state index in [2.05, 4.69) is 4.72 Å². The zero-order valence-corrected chi connectivity index (χ0v) is 16.9. The van der Waals surface area contributed by atoms with Crippen molar-refractivity contribution in [3.8, 4) is 5.75 Å². The van der Waals surface area contributed by atoms with Crippen molar-refractivity contribution in [2.75, 3.05) is 7.11 Å². The lowest BCUT2D eigenvalue weighted by Crippen LogP contribution is -2.34. The van der Waals surface area contributed by atoms with Crippen LogP contribution in [0, 0.1) is 0 Å². The molecule has 1 fully saturated rings. The van der Waals surface area contributed by atoms with Gasteiger partial charge in [-0.1, -0.05) is 18.2 Å². The number of rotatable bonds is 6. The molecule has 7 nitrogen and oxygen atoms in total. The van der Waals surface area contributed by atoms with E-state index in [1.807, 2.05) is 31.2 Å². The van der Waals surface area contributed by atoms with Crippen molar-refractivity contribution >= 4 is 21.1 Å². The topological polar surface area (TPSA) is 82.3 Å². The third-order valence-electron chi connectivity index (χ3n) is 5.33. The number of nitrogens with zero attached hydrogens (tertiary/aromatic N) is 2. The zero-order valence-electron chi connectivity index (χ0n) is 16.1. The maximum absolute atomic E-state index is 12.8. The predicted octanol–water partition coefficient (Wildman–Crippen LogP) is 2.23. The van der Waals surface area contributed by atoms with Gasteiger partial charge in [0.15, 0.2) is 0 Å². The lowest BCUT2D eigenvalue weighted by Gasteiger charge is -2.12. The number of hydrogen-bond donors (Lipinski definition) is 1. The number of ether oxygens (including phenoxy) is 1. The number of benzene rings is 2. The Morgan fingerprint density at radius 2 is 1.86 bits per heavy atom. The highest BCUT2D eigenvalue weighted by Gasteiger charge is 2.41. The minimum Gasteiger partial charge on any atom is -0.496 e. The Kier molecular flexibility index (Phi) is 4.35. The Morgan fingerprint density at radius 1 is 1.14 bits per heavy atom. The molecule has 1 aliphatic rings. The largest absolute Gasteiger partial charge is 0.496 e. The van der Waals surface area contributed by atoms with Gasteiger partial charge in [-0.2, -0.15) is 0 Å². The van der Waals surface area contributed by atoms with E-state index < -0.39 is 10.0 Å². The smallest absolute Gasteiger partial charge is 0.329 e. The summed E-state index contributed by atoms with van der Waals surface area (Å²) in [5, 5.41) is 0. The molecule has 1 aliphatic carbocycles. The number of hydrogen-bond acceptors (Lipinski definition) is 4. The van der Waals surface area contributed by atoms with E-state index in [-0.39, 0.29) is 16.1 Å². The van der Waals surface area contributed by atoms with Crippen LogP contribution in [0.3, 0.4) is 0 Å². The first-order chi connectivity index (χ1) is 13.2. The van der Waals surface area contributed by atoms with Gasteiger partial charge in [0.1, 0.15) is 5.75 Å². The van der Waals surface area contributed by atoms with Crippen LogP contribution in [0.2, 0.25) is 0 Å². The average molecular weight is 401 g/mol. The Bertz CT molecular complexity index is 1220. The van der Waals surface area contributed by atoms with Gasteiger partial charge >= 0.3 is 5.69 Å². The lowest BCUT2D eigenvalue weighted by atomic mass is 10.2. The summed E-state index contributed by atoms with van der Waals surface area (Å²) in [5.41, 5.74) is 1.56. The molecule has 0 aliphatic heterocycles. The number of aromatic nitrogens is 2. The van der Waals surface area contributed by atoms with Crippen LogP contribution >= 0.6 is 0 Å². The van der Waals surface area contributed by atoms with Crippen LogP contribution in [0.1, 0.15) is 25.3 Å². The second-order valence-corrected chi connectivity index (χ2v) is 9.24. The summed E-state index contributed by atoms with van der Waals surface area (Å²) in [6.45, 7) is 2.23. The van der Waals surface area contributed by atoms with Gasteiger partial charge in [0.2, 0.25) is 10.0 Å². The van der Waals surface area contributed by atoms with E-state index in [1.54, 1.807) is 36.9 Å². The number of methoxy groups -OCH3 is 1. The van der Waals surface area contributed by atoms with Gasteiger partial charge in [-0.25, -0.2) is 17.9 Å². The van der Waals surface area contributed by atoms with E-state index in [0.717, 1.165) is 18.4 Å². The van der Waals surface area contributed by atoms with Crippen LogP contribution in [-0.4, -0.2) is 30.2 Å². The molecule has 0 saturated heterocycles. The van der Waals surface area contributed by atoms with Gasteiger partial charge in [0.05, 0.1) is 29.6 Å². The van der Waals surface area contributed by atoms with Crippen LogP contribution in [0.4, 0.5) is 0 Å². The Labute approximate surface area is 163 Å². The molecule has 1 N–H and O–H groups in total. The maximum Gasteiger partial charge on any atom is 0.329 e. The molecule has 1 heterocycles. The standard InChI is InChI=1S/C20H23N3O4S/c1-20(10-11-20)21-28(25,26)15-8-9-16-17(12-15)22(2)19(24)23(16)13-14-6-4-5-7-18(14)27-3/h4-9,12,21H,10-11,13H2,1-3H3. The minimum absolute atomic E-state index is 0.165. The highest BCUT2D eigenvalue weighted by Crippen LogP contribution is 2.36. The highest BCUT2D eigenvalue weighted by molar-refractivity contribution is 7.89. The van der Waals surface area contributed by atoms with E-state index in [0.29, 0.717) is 23.3 Å². The number of para-hydroxylation sites is 1. The summed E-state index contributed by atoms with van der Waals surface area (Å²) in [6, 6.07) is 12.3. The van der Waals surface area contributed by atoms with Crippen molar-refractivity contribution in [1.29, 1.82) is 0 Å². The molecule has 1 saturated carbocycles. The first-order valence-corrected chi connectivity index (χ1v) is 10.6. The van der Waals surface area contributed by atoms with Crippen molar-refractivity contribution in [3.63, 3.8) is 0 Å². The van der Waals surface area contributed by atoms with Crippen molar-refractivity contribution in [3.05, 3.63) is 58.5 Å². The molecular formula is C20H23N3O4S. The van der Waals surface area contributed by atoms with Gasteiger partial charge in [0.25, 0.3) is 0 Å². The molecule has 1 aromatic heterocycles. The van der Waals surface area contributed by atoms with Crippen LogP contribution in [-0.2, 0) is 23.6 Å². The fourth-order valence-corrected chi connectivity index (χ4v) is 4.87. The molecule has 4 rings (SSSR count). The van der Waals surface area contributed by atoms with Gasteiger partial charge < -0.3 is 4.74 Å². The fourth-order valence-electron chi connectivity index (χ4n) is 3.38. The van der Waals surface area contributed by atoms with Crippen LogP contribution in [0.15, 0.2) is 52.2 Å². The van der Waals surface area contributed by atoms with Crippen LogP contribution in [0.5, 0.6) is 5.75 Å². The van der Waals surface area contributed by atoms with E-state index in [1.165, 1.54) is 4.57 Å². The highest BCUT2D eigenvalue weighted by atomic mass is 32.2. The summed E-state index contributed by atoms with van der Waals surface area (Å²) in [4.78, 5) is 13.0. The molecule has 0 spiro atoms. The molecule has 0 bridgehead atoms. The first-order valence-electron chi connectivity index (χ1n) is 9.09. The summed E-state index contributed by atoms with van der Waals surface area (Å²) in [5.74, 6) is 0.701. The Hall–Kier alpha value is -2.58. The Morgan fingerprint density at radius 3 is 2.54 bits per heavy atom. The van der Waals surface area contributed by atoms with Crippen molar-refractivity contribution in [2.45, 2.75) is 36.7 Å². The molecule has 0 unspecified atom stereocenters. The van der Waals surface area contributed by atoms with Crippen molar-refractivity contribution in [1.82, 2.24) is 13.9 Å². The second-order valence-electron chi connectivity index (χ2n) is 7.56. The third-order valence-corrected chi connectivity index (χ3v) is 6.96. The van der Waals surface area contributed by atoms with E-state index in [9.17, 15) is 13.2 Å². The normalized spacial score (nSPS) is 15.7. The van der Waals surface area contributed by atoms with Crippen LogP contribution < -0.4 is 15.1 Å². The number of imidazole rings is 1. The first kappa shape index (κ1) is 18.8. The summed E-state index contributed by atoms with van der Waals surface area (Å²) >= 11 is 0. The number of nitrogens with one attached hydrogen (secondary N) is 1. The second kappa shape index (κ2) is 6.49. The van der Waals surface area contributed by atoms with E-state index >= 15 is 0 Å². The average Bonchev–Trinajstić information content (AvgIpc) is 3.34. The lowest BCUT2D eigenvalue weighted by molar-refractivity contribution is 0.408. The fraction of sp³-hybridized carbons (Fsp3) is 0.350. The molecular weight excluding hydrogens is 378 g/mol. The van der Waals surface area contributed by atoms with Gasteiger partial charge in [-0.05, 0) is 44.0 Å². The number of fused-ring (bicyclic) bond motifs is 1. The van der Waals surface area contributed by atoms with Crippen LogP contribution in [0.25, 0.3) is 11.0 Å². The van der Waals surface area contributed by atoms with Crippen molar-refractivity contribution in [2.24, 2.45) is 7.05 Å². The third kappa shape index (κ3) is 3.22. The molecule has 2 aromatic carbocycles. The van der Waals surface area contributed by atoms with Gasteiger partial charge in [0, 0.05) is 18.2 Å². The van der Waals surface area contributed by atoms with E-state index in [4.69, 9.17) is 4.74 Å². The summed E-state index contributed by atoms with van der Waals surface area (Å²) in [6.07, 6.45) is 1.67. The van der Waals surface area contributed by atoms with Gasteiger partial charge in [-0.3, -0.25) is 9.13 Å². The predicted molar refractivity (Wildman–Crippen MR) is 107 cm³/mol. The molecule has 0 radical (unpaired) electrons. The minimum atomic E-state index is -3.63. The molecule has 28 heavy (non-hydrogen) atoms. The number of sulfonamides is 1. The molecule has 0 atom stereocenters. The molecule has 3 aromatic rings. The van der Waals surface area contributed by atoms with Crippen molar-refractivity contribution < 1.29 is 13.2 Å². The Balaban J connectivity index is 1.78.